The van der Waals surface area contributed by atoms with Gasteiger partial charge in [0, 0.05) is 17.5 Å². The molecule has 1 atom stereocenters. The van der Waals surface area contributed by atoms with E-state index in [-0.39, 0.29) is 41.2 Å². The smallest absolute Gasteiger partial charge is 0.545 e. The van der Waals surface area contributed by atoms with Crippen LogP contribution in [0.2, 0.25) is 0 Å². The first-order valence-corrected chi connectivity index (χ1v) is 9.06. The number of rotatable bonds is 4. The molecule has 0 aliphatic carbocycles. The van der Waals surface area contributed by atoms with Crippen LogP contribution in [0.1, 0.15) is 54.0 Å². The minimum Gasteiger partial charge on any atom is -0.545 e. The molecule has 0 saturated carbocycles. The summed E-state index contributed by atoms with van der Waals surface area (Å²) in [4.78, 5) is 30.3. The zero-order chi connectivity index (χ0) is 19.6. The number of carboxylic acid groups (broad SMARTS) is 1. The van der Waals surface area contributed by atoms with Gasteiger partial charge < -0.3 is 19.5 Å². The van der Waals surface area contributed by atoms with Crippen molar-refractivity contribution in [2.75, 3.05) is 7.05 Å². The van der Waals surface area contributed by atoms with E-state index >= 15 is 0 Å². The first-order valence-electron chi connectivity index (χ1n) is 8.24. The Balaban J connectivity index is 0.00000364. The molecule has 1 amide bonds. The van der Waals surface area contributed by atoms with Crippen LogP contribution in [0.5, 0.6) is 0 Å². The van der Waals surface area contributed by atoms with Gasteiger partial charge in [0.05, 0.1) is 17.7 Å². The van der Waals surface area contributed by atoms with Gasteiger partial charge in [-0.15, -0.1) is 11.3 Å². The molecule has 140 valence electrons. The van der Waals surface area contributed by atoms with E-state index in [0.29, 0.717) is 0 Å². The molecule has 2 aromatic rings. The van der Waals surface area contributed by atoms with Crippen molar-refractivity contribution in [2.45, 2.75) is 46.3 Å². The number of aryl methyl sites for hydroxylation is 1. The standard InChI is InChI=1S/C19H24N2O4S.Na/c1-11(21(6)18(24)25-19(3,4)5)16-20-15(12(2)26-16)13-7-9-14(10-8-13)17(22)23;/h7-11H,1-6H3,(H,22,23);/q;+1/p-1/t11-;/m0./s1. The van der Waals surface area contributed by atoms with Crippen LogP contribution in [-0.2, 0) is 4.74 Å². The number of hydrogen-bond donors (Lipinski definition) is 0. The summed E-state index contributed by atoms with van der Waals surface area (Å²) in [6.45, 7) is 9.32. The number of carbonyl (C=O) groups is 2. The van der Waals surface area contributed by atoms with Crippen molar-refractivity contribution >= 4 is 23.4 Å². The van der Waals surface area contributed by atoms with Gasteiger partial charge in [-0.2, -0.15) is 0 Å². The number of nitrogens with zero attached hydrogens (tertiary/aromatic N) is 2. The van der Waals surface area contributed by atoms with Crippen LogP contribution < -0.4 is 34.7 Å². The van der Waals surface area contributed by atoms with Gasteiger partial charge >= 0.3 is 35.7 Å². The van der Waals surface area contributed by atoms with Gasteiger partial charge in [0.15, 0.2) is 0 Å². The molecule has 27 heavy (non-hydrogen) atoms. The van der Waals surface area contributed by atoms with Crippen molar-refractivity contribution in [2.24, 2.45) is 0 Å². The summed E-state index contributed by atoms with van der Waals surface area (Å²) in [6, 6.07) is 6.17. The van der Waals surface area contributed by atoms with E-state index in [1.54, 1.807) is 19.2 Å². The maximum absolute atomic E-state index is 12.3. The summed E-state index contributed by atoms with van der Waals surface area (Å²) < 4.78 is 5.40. The Hall–Kier alpha value is -1.41. The van der Waals surface area contributed by atoms with E-state index < -0.39 is 17.7 Å². The Morgan fingerprint density at radius 1 is 1.22 bits per heavy atom. The third-order valence-corrected chi connectivity index (χ3v) is 4.97. The van der Waals surface area contributed by atoms with Gasteiger partial charge in [-0.1, -0.05) is 24.3 Å². The third kappa shape index (κ3) is 6.04. The number of ether oxygens (including phenoxy) is 1. The fourth-order valence-corrected chi connectivity index (χ4v) is 3.32. The molecule has 0 unspecified atom stereocenters. The summed E-state index contributed by atoms with van der Waals surface area (Å²) in [5.41, 5.74) is 1.16. The van der Waals surface area contributed by atoms with Crippen LogP contribution in [0.3, 0.4) is 0 Å². The van der Waals surface area contributed by atoms with Crippen molar-refractivity contribution in [1.82, 2.24) is 9.88 Å². The Morgan fingerprint density at radius 2 is 1.78 bits per heavy atom. The number of aromatic carboxylic acids is 1. The zero-order valence-electron chi connectivity index (χ0n) is 16.8. The molecule has 0 N–H and O–H groups in total. The summed E-state index contributed by atoms with van der Waals surface area (Å²) in [6.07, 6.45) is -0.405. The van der Waals surface area contributed by atoms with Crippen molar-refractivity contribution in [1.29, 1.82) is 0 Å². The van der Waals surface area contributed by atoms with E-state index in [1.165, 1.54) is 28.4 Å². The monoisotopic (exact) mass is 398 g/mol. The van der Waals surface area contributed by atoms with Gasteiger partial charge in [-0.05, 0) is 40.2 Å². The van der Waals surface area contributed by atoms with Crippen LogP contribution in [0.15, 0.2) is 24.3 Å². The van der Waals surface area contributed by atoms with Gasteiger partial charge in [0.2, 0.25) is 0 Å². The molecule has 1 aromatic heterocycles. The first kappa shape index (κ1) is 23.6. The quantitative estimate of drug-likeness (QED) is 0.697. The van der Waals surface area contributed by atoms with E-state index in [9.17, 15) is 14.7 Å². The largest absolute Gasteiger partial charge is 1.00 e. The molecule has 0 aliphatic rings. The van der Waals surface area contributed by atoms with E-state index in [0.717, 1.165) is 21.1 Å². The van der Waals surface area contributed by atoms with E-state index in [2.05, 4.69) is 4.98 Å². The topological polar surface area (TPSA) is 82.6 Å². The maximum Gasteiger partial charge on any atom is 1.00 e. The Labute approximate surface area is 185 Å². The molecular formula is C19H23N2NaO4S. The predicted octanol–water partition coefficient (Wildman–Crippen LogP) is 0.414. The molecule has 0 spiro atoms. The number of carboxylic acids is 1. The predicted molar refractivity (Wildman–Crippen MR) is 99.0 cm³/mol. The second-order valence-corrected chi connectivity index (χ2v) is 8.32. The number of hydrogen-bond acceptors (Lipinski definition) is 6. The average molecular weight is 398 g/mol. The van der Waals surface area contributed by atoms with Crippen LogP contribution in [0.4, 0.5) is 4.79 Å². The fourth-order valence-electron chi connectivity index (χ4n) is 2.29. The van der Waals surface area contributed by atoms with Crippen molar-refractivity contribution in [3.05, 3.63) is 39.7 Å². The summed E-state index contributed by atoms with van der Waals surface area (Å²) in [5.74, 6) is -1.21. The van der Waals surface area contributed by atoms with Gasteiger partial charge in [-0.25, -0.2) is 9.78 Å². The maximum atomic E-state index is 12.3. The SMILES string of the molecule is Cc1sc([C@H](C)N(C)C(=O)OC(C)(C)C)nc1-c1ccc(C(=O)[O-])cc1.[Na+]. The number of carbonyl (C=O) groups excluding carboxylic acids is 2. The molecule has 2 rings (SSSR count). The molecule has 0 aliphatic heterocycles. The Morgan fingerprint density at radius 3 is 2.26 bits per heavy atom. The van der Waals surface area contributed by atoms with Crippen LogP contribution >= 0.6 is 11.3 Å². The van der Waals surface area contributed by atoms with Crippen molar-refractivity contribution < 1.29 is 49.0 Å². The van der Waals surface area contributed by atoms with Crippen LogP contribution in [-0.4, -0.2) is 34.6 Å². The minimum atomic E-state index is -1.21. The zero-order valence-corrected chi connectivity index (χ0v) is 19.6. The van der Waals surface area contributed by atoms with Gasteiger partial charge in [0.1, 0.15) is 10.6 Å². The second kappa shape index (κ2) is 9.19. The second-order valence-electron chi connectivity index (χ2n) is 7.09. The third-order valence-electron chi connectivity index (χ3n) is 3.83. The normalized spacial score (nSPS) is 12.1. The van der Waals surface area contributed by atoms with Crippen LogP contribution in [0, 0.1) is 6.92 Å². The number of aromatic nitrogens is 1. The average Bonchev–Trinajstić information content (AvgIpc) is 2.93. The molecule has 0 saturated heterocycles. The number of amides is 1. The minimum absolute atomic E-state index is 0. The number of benzene rings is 1. The van der Waals surface area contributed by atoms with Gasteiger partial charge in [-0.3, -0.25) is 0 Å². The van der Waals surface area contributed by atoms with E-state index in [1.807, 2.05) is 34.6 Å². The van der Waals surface area contributed by atoms with Crippen molar-refractivity contribution in [3.63, 3.8) is 0 Å². The van der Waals surface area contributed by atoms with Crippen LogP contribution in [0.25, 0.3) is 11.3 Å². The van der Waals surface area contributed by atoms with E-state index in [4.69, 9.17) is 4.74 Å². The molecule has 0 fully saturated rings. The molecular weight excluding hydrogens is 375 g/mol. The number of thiazole rings is 1. The summed E-state index contributed by atoms with van der Waals surface area (Å²) >= 11 is 1.50. The summed E-state index contributed by atoms with van der Waals surface area (Å²) in [7, 11) is 1.68. The van der Waals surface area contributed by atoms with Crippen molar-refractivity contribution in [3.8, 4) is 11.3 Å². The molecule has 0 radical (unpaired) electrons. The molecule has 8 heteroatoms. The molecule has 1 heterocycles. The summed E-state index contributed by atoms with van der Waals surface area (Å²) in [5, 5.41) is 11.7. The Kier molecular flexibility index (Phi) is 8.04. The van der Waals surface area contributed by atoms with Gasteiger partial charge in [0.25, 0.3) is 0 Å². The Bertz CT molecular complexity index is 812. The fraction of sp³-hybridized carbons (Fsp3) is 0.421. The first-order chi connectivity index (χ1) is 12.0. The molecule has 0 bridgehead atoms. The molecule has 1 aromatic carbocycles. The molecule has 6 nitrogen and oxygen atoms in total.